The minimum atomic E-state index is -3.97. The normalized spacial score (nSPS) is 11.4. The molecule has 0 radical (unpaired) electrons. The van der Waals surface area contributed by atoms with Gasteiger partial charge in [0, 0.05) is 5.56 Å². The SMILES string of the molecule is Cc1ccc(C(F)(F)C(=O)O)cc1O. The summed E-state index contributed by atoms with van der Waals surface area (Å²) in [6.45, 7) is 1.53. The number of phenols is 1. The van der Waals surface area contributed by atoms with E-state index < -0.39 is 17.5 Å². The van der Waals surface area contributed by atoms with E-state index in [0.717, 1.165) is 12.1 Å². The van der Waals surface area contributed by atoms with Crippen LogP contribution in [0.2, 0.25) is 0 Å². The highest BCUT2D eigenvalue weighted by Gasteiger charge is 2.41. The van der Waals surface area contributed by atoms with Crippen molar-refractivity contribution in [1.82, 2.24) is 0 Å². The fraction of sp³-hybridized carbons (Fsp3) is 0.222. The first-order valence-corrected chi connectivity index (χ1v) is 3.77. The first-order valence-electron chi connectivity index (χ1n) is 3.77. The van der Waals surface area contributed by atoms with Crippen LogP contribution in [0.5, 0.6) is 5.75 Å². The lowest BCUT2D eigenvalue weighted by molar-refractivity contribution is -0.166. The molecule has 1 aromatic rings. The molecule has 0 saturated carbocycles. The van der Waals surface area contributed by atoms with Crippen molar-refractivity contribution in [2.45, 2.75) is 12.8 Å². The number of rotatable bonds is 2. The molecule has 0 amide bonds. The van der Waals surface area contributed by atoms with Gasteiger partial charge in [-0.2, -0.15) is 8.78 Å². The zero-order valence-corrected chi connectivity index (χ0v) is 7.29. The Hall–Kier alpha value is -1.65. The Morgan fingerprint density at radius 2 is 2.00 bits per heavy atom. The third-order valence-electron chi connectivity index (χ3n) is 1.84. The van der Waals surface area contributed by atoms with Crippen LogP contribution in [0.1, 0.15) is 11.1 Å². The monoisotopic (exact) mass is 202 g/mol. The van der Waals surface area contributed by atoms with Gasteiger partial charge >= 0.3 is 11.9 Å². The van der Waals surface area contributed by atoms with Gasteiger partial charge in [0.2, 0.25) is 0 Å². The smallest absolute Gasteiger partial charge is 0.379 e. The molecule has 1 rings (SSSR count). The first-order chi connectivity index (χ1) is 6.35. The van der Waals surface area contributed by atoms with Gasteiger partial charge in [-0.3, -0.25) is 0 Å². The van der Waals surface area contributed by atoms with Crippen molar-refractivity contribution in [1.29, 1.82) is 0 Å². The van der Waals surface area contributed by atoms with Crippen LogP contribution in [-0.2, 0) is 10.7 Å². The molecule has 1 aromatic carbocycles. The summed E-state index contributed by atoms with van der Waals surface area (Å²) >= 11 is 0. The van der Waals surface area contributed by atoms with E-state index in [1.807, 2.05) is 0 Å². The third-order valence-corrected chi connectivity index (χ3v) is 1.84. The topological polar surface area (TPSA) is 57.5 Å². The van der Waals surface area contributed by atoms with Crippen molar-refractivity contribution < 1.29 is 23.8 Å². The van der Waals surface area contributed by atoms with E-state index in [2.05, 4.69) is 0 Å². The van der Waals surface area contributed by atoms with Crippen molar-refractivity contribution in [3.8, 4) is 5.75 Å². The number of aromatic hydroxyl groups is 1. The molecule has 0 atom stereocenters. The van der Waals surface area contributed by atoms with Gasteiger partial charge in [0.1, 0.15) is 5.75 Å². The molecule has 3 nitrogen and oxygen atoms in total. The standard InChI is InChI=1S/C9H8F2O3/c1-5-2-3-6(4-7(5)12)9(10,11)8(13)14/h2-4,12H,1H3,(H,13,14). The predicted octanol–water partition coefficient (Wildman–Crippen LogP) is 1.88. The number of hydrogen-bond acceptors (Lipinski definition) is 2. The second-order valence-corrected chi connectivity index (χ2v) is 2.88. The Balaban J connectivity index is 3.21. The van der Waals surface area contributed by atoms with Crippen molar-refractivity contribution >= 4 is 5.97 Å². The van der Waals surface area contributed by atoms with Crippen LogP contribution in [0.4, 0.5) is 8.78 Å². The summed E-state index contributed by atoms with van der Waals surface area (Å²) in [5.74, 6) is -6.55. The molecule has 0 aromatic heterocycles. The Morgan fingerprint density at radius 1 is 1.43 bits per heavy atom. The van der Waals surface area contributed by atoms with Gasteiger partial charge in [0.25, 0.3) is 0 Å². The second-order valence-electron chi connectivity index (χ2n) is 2.88. The van der Waals surface area contributed by atoms with Gasteiger partial charge in [-0.1, -0.05) is 12.1 Å². The maximum atomic E-state index is 12.9. The lowest BCUT2D eigenvalue weighted by Crippen LogP contribution is -2.25. The van der Waals surface area contributed by atoms with E-state index in [-0.39, 0.29) is 5.75 Å². The number of aryl methyl sites for hydroxylation is 1. The molecule has 0 spiro atoms. The summed E-state index contributed by atoms with van der Waals surface area (Å²) in [7, 11) is 0. The fourth-order valence-electron chi connectivity index (χ4n) is 0.928. The number of benzene rings is 1. The minimum Gasteiger partial charge on any atom is -0.508 e. The molecule has 0 fully saturated rings. The zero-order chi connectivity index (χ0) is 10.9. The van der Waals surface area contributed by atoms with Gasteiger partial charge < -0.3 is 10.2 Å². The summed E-state index contributed by atoms with van der Waals surface area (Å²) in [6.07, 6.45) is 0. The Bertz CT molecular complexity index is 374. The lowest BCUT2D eigenvalue weighted by atomic mass is 10.1. The first kappa shape index (κ1) is 10.4. The van der Waals surface area contributed by atoms with Gasteiger partial charge in [-0.05, 0) is 18.6 Å². The van der Waals surface area contributed by atoms with Crippen molar-refractivity contribution in [2.24, 2.45) is 0 Å². The summed E-state index contributed by atoms with van der Waals surface area (Å²) in [6, 6.07) is 2.97. The molecule has 0 bridgehead atoms. The summed E-state index contributed by atoms with van der Waals surface area (Å²) < 4.78 is 25.8. The molecule has 14 heavy (non-hydrogen) atoms. The van der Waals surface area contributed by atoms with Crippen LogP contribution in [-0.4, -0.2) is 16.2 Å². The van der Waals surface area contributed by atoms with E-state index in [4.69, 9.17) is 10.2 Å². The summed E-state index contributed by atoms with van der Waals surface area (Å²) in [5.41, 5.74) is -0.317. The number of carboxylic acid groups (broad SMARTS) is 1. The van der Waals surface area contributed by atoms with Crippen molar-refractivity contribution in [3.63, 3.8) is 0 Å². The highest BCUT2D eigenvalue weighted by atomic mass is 19.3. The highest BCUT2D eigenvalue weighted by Crippen LogP contribution is 2.31. The fourth-order valence-corrected chi connectivity index (χ4v) is 0.928. The van der Waals surface area contributed by atoms with E-state index in [1.54, 1.807) is 0 Å². The summed E-state index contributed by atoms with van der Waals surface area (Å²) in [4.78, 5) is 10.2. The molecule has 0 heterocycles. The molecule has 0 aliphatic heterocycles. The molecule has 0 saturated heterocycles. The molecule has 2 N–H and O–H groups in total. The Labute approximate surface area is 78.6 Å². The number of carboxylic acids is 1. The average molecular weight is 202 g/mol. The highest BCUT2D eigenvalue weighted by molar-refractivity contribution is 5.77. The molecular formula is C9H8F2O3. The second kappa shape index (κ2) is 3.25. The third kappa shape index (κ3) is 1.66. The van der Waals surface area contributed by atoms with E-state index in [9.17, 15) is 13.6 Å². The molecule has 0 aliphatic rings. The Kier molecular flexibility index (Phi) is 2.42. The number of carbonyl (C=O) groups is 1. The maximum Gasteiger partial charge on any atom is 0.379 e. The lowest BCUT2D eigenvalue weighted by Gasteiger charge is -2.11. The van der Waals surface area contributed by atoms with E-state index >= 15 is 0 Å². The van der Waals surface area contributed by atoms with Crippen LogP contribution in [0.25, 0.3) is 0 Å². The number of aliphatic carboxylic acids is 1. The predicted molar refractivity (Wildman–Crippen MR) is 44.4 cm³/mol. The van der Waals surface area contributed by atoms with Crippen molar-refractivity contribution in [3.05, 3.63) is 29.3 Å². The van der Waals surface area contributed by atoms with E-state index in [0.29, 0.717) is 5.56 Å². The van der Waals surface area contributed by atoms with Crippen LogP contribution in [0.3, 0.4) is 0 Å². The van der Waals surface area contributed by atoms with Crippen LogP contribution < -0.4 is 0 Å². The number of hydrogen-bond donors (Lipinski definition) is 2. The quantitative estimate of drug-likeness (QED) is 0.769. The molecule has 76 valence electrons. The largest absolute Gasteiger partial charge is 0.508 e. The van der Waals surface area contributed by atoms with E-state index in [1.165, 1.54) is 13.0 Å². The van der Waals surface area contributed by atoms with Crippen molar-refractivity contribution in [2.75, 3.05) is 0 Å². The summed E-state index contributed by atoms with van der Waals surface area (Å²) in [5, 5.41) is 17.3. The maximum absolute atomic E-state index is 12.9. The molecule has 0 aliphatic carbocycles. The Morgan fingerprint density at radius 3 is 2.43 bits per heavy atom. The zero-order valence-electron chi connectivity index (χ0n) is 7.29. The molecule has 0 unspecified atom stereocenters. The number of phenolic OH excluding ortho intramolecular Hbond substituents is 1. The van der Waals surface area contributed by atoms with Gasteiger partial charge in [-0.25, -0.2) is 4.79 Å². The number of halogens is 2. The van der Waals surface area contributed by atoms with Gasteiger partial charge in [0.15, 0.2) is 0 Å². The van der Waals surface area contributed by atoms with Crippen LogP contribution in [0, 0.1) is 6.92 Å². The molecular weight excluding hydrogens is 194 g/mol. The van der Waals surface area contributed by atoms with Gasteiger partial charge in [0.05, 0.1) is 0 Å². The molecule has 5 heteroatoms. The number of alkyl halides is 2. The minimum absolute atomic E-state index is 0.344. The van der Waals surface area contributed by atoms with Crippen LogP contribution in [0.15, 0.2) is 18.2 Å². The van der Waals surface area contributed by atoms with Gasteiger partial charge in [-0.15, -0.1) is 0 Å². The average Bonchev–Trinajstić information content (AvgIpc) is 2.09. The van der Waals surface area contributed by atoms with Crippen LogP contribution >= 0.6 is 0 Å².